The van der Waals surface area contributed by atoms with E-state index in [1.807, 2.05) is 0 Å². The largest absolute Gasteiger partial charge is 0.459 e. The van der Waals surface area contributed by atoms with Crippen LogP contribution in [0.25, 0.3) is 0 Å². The quantitative estimate of drug-likeness (QED) is 0.805. The average Bonchev–Trinajstić information content (AvgIpc) is 2.66. The van der Waals surface area contributed by atoms with Crippen LogP contribution < -0.4 is 5.32 Å². The highest BCUT2D eigenvalue weighted by Gasteiger charge is 2.13. The molecule has 0 atom stereocenters. The van der Waals surface area contributed by atoms with Gasteiger partial charge in [-0.2, -0.15) is 0 Å². The Morgan fingerprint density at radius 2 is 2.13 bits per heavy atom. The molecule has 0 bridgehead atoms. The van der Waals surface area contributed by atoms with Gasteiger partial charge in [0, 0.05) is 18.0 Å². The molecule has 0 aromatic carbocycles. The second kappa shape index (κ2) is 3.91. The minimum Gasteiger partial charge on any atom is -0.459 e. The van der Waals surface area contributed by atoms with Crippen molar-refractivity contribution in [3.05, 3.63) is 42.1 Å². The highest BCUT2D eigenvalue weighted by molar-refractivity contribution is 6.02. The summed E-state index contributed by atoms with van der Waals surface area (Å²) in [5.74, 6) is 0.199. The molecule has 2 heterocycles. The summed E-state index contributed by atoms with van der Waals surface area (Å²) < 4.78 is 5.03. The predicted octanol–water partition coefficient (Wildman–Crippen LogP) is 1.63. The van der Waals surface area contributed by atoms with E-state index < -0.39 is 0 Å². The molecule has 0 aliphatic carbocycles. The van der Waals surface area contributed by atoms with Gasteiger partial charge in [-0.15, -0.1) is 0 Å². The van der Waals surface area contributed by atoms with Gasteiger partial charge in [-0.1, -0.05) is 0 Å². The van der Waals surface area contributed by atoms with Crippen molar-refractivity contribution >= 4 is 11.9 Å². The van der Waals surface area contributed by atoms with Gasteiger partial charge in [0.15, 0.2) is 5.76 Å². The fourth-order valence-corrected chi connectivity index (χ4v) is 1.13. The first-order chi connectivity index (χ1) is 7.27. The topological polar surface area (TPSA) is 68.0 Å². The SMILES string of the molecule is Cc1ccoc1C(=O)Nc1ncccn1. The number of furan rings is 1. The number of carbonyl (C=O) groups is 1. The van der Waals surface area contributed by atoms with Crippen LogP contribution in [0.5, 0.6) is 0 Å². The molecule has 2 aromatic rings. The van der Waals surface area contributed by atoms with Crippen molar-refractivity contribution in [2.75, 3.05) is 5.32 Å². The van der Waals surface area contributed by atoms with Crippen molar-refractivity contribution in [1.29, 1.82) is 0 Å². The lowest BCUT2D eigenvalue weighted by molar-refractivity contribution is 0.0995. The smallest absolute Gasteiger partial charge is 0.293 e. The van der Waals surface area contributed by atoms with Crippen molar-refractivity contribution in [1.82, 2.24) is 9.97 Å². The second-order valence-electron chi connectivity index (χ2n) is 2.96. The molecule has 2 aromatic heterocycles. The van der Waals surface area contributed by atoms with Crippen molar-refractivity contribution in [2.24, 2.45) is 0 Å². The molecule has 0 radical (unpaired) electrons. The van der Waals surface area contributed by atoms with Gasteiger partial charge in [-0.05, 0) is 19.1 Å². The van der Waals surface area contributed by atoms with Gasteiger partial charge in [-0.25, -0.2) is 9.97 Å². The Hall–Kier alpha value is -2.17. The number of aromatic nitrogens is 2. The summed E-state index contributed by atoms with van der Waals surface area (Å²) in [6, 6.07) is 3.40. The molecular weight excluding hydrogens is 194 g/mol. The molecular formula is C10H9N3O2. The summed E-state index contributed by atoms with van der Waals surface area (Å²) >= 11 is 0. The molecule has 0 saturated carbocycles. The van der Waals surface area contributed by atoms with E-state index in [1.165, 1.54) is 6.26 Å². The number of amides is 1. The predicted molar refractivity (Wildman–Crippen MR) is 53.4 cm³/mol. The van der Waals surface area contributed by atoms with E-state index in [4.69, 9.17) is 4.42 Å². The number of hydrogen-bond acceptors (Lipinski definition) is 4. The molecule has 1 amide bonds. The molecule has 76 valence electrons. The number of nitrogens with one attached hydrogen (secondary N) is 1. The van der Waals surface area contributed by atoms with Crippen LogP contribution in [0.15, 0.2) is 35.2 Å². The Bertz CT molecular complexity index is 465. The third kappa shape index (κ3) is 2.01. The van der Waals surface area contributed by atoms with Gasteiger partial charge >= 0.3 is 0 Å². The molecule has 0 saturated heterocycles. The van der Waals surface area contributed by atoms with Crippen LogP contribution in [0.4, 0.5) is 5.95 Å². The monoisotopic (exact) mass is 203 g/mol. The van der Waals surface area contributed by atoms with Gasteiger partial charge in [0.2, 0.25) is 5.95 Å². The highest BCUT2D eigenvalue weighted by atomic mass is 16.3. The van der Waals surface area contributed by atoms with Crippen LogP contribution in [0.2, 0.25) is 0 Å². The minimum absolute atomic E-state index is 0.262. The zero-order valence-corrected chi connectivity index (χ0v) is 8.10. The van der Waals surface area contributed by atoms with Gasteiger partial charge in [0.05, 0.1) is 6.26 Å². The number of nitrogens with zero attached hydrogens (tertiary/aromatic N) is 2. The molecule has 1 N–H and O–H groups in total. The molecule has 2 rings (SSSR count). The lowest BCUT2D eigenvalue weighted by atomic mass is 10.3. The number of anilines is 1. The third-order valence-corrected chi connectivity index (χ3v) is 1.86. The Kier molecular flexibility index (Phi) is 2.45. The van der Waals surface area contributed by atoms with Gasteiger partial charge < -0.3 is 4.42 Å². The maximum Gasteiger partial charge on any atom is 0.293 e. The summed E-state index contributed by atoms with van der Waals surface area (Å²) in [6.45, 7) is 1.80. The maximum atomic E-state index is 11.6. The van der Waals surface area contributed by atoms with E-state index in [1.54, 1.807) is 31.5 Å². The standard InChI is InChI=1S/C10H9N3O2/c1-7-3-6-15-8(7)9(14)13-10-11-4-2-5-12-10/h2-6H,1H3,(H,11,12,13,14). The minimum atomic E-state index is -0.344. The summed E-state index contributed by atoms with van der Waals surface area (Å²) in [6.07, 6.45) is 4.57. The zero-order chi connectivity index (χ0) is 10.7. The van der Waals surface area contributed by atoms with E-state index in [9.17, 15) is 4.79 Å². The lowest BCUT2D eigenvalue weighted by Gasteiger charge is -2.00. The summed E-state index contributed by atoms with van der Waals surface area (Å²) in [5.41, 5.74) is 0.781. The highest BCUT2D eigenvalue weighted by Crippen LogP contribution is 2.10. The first kappa shape index (κ1) is 9.39. The average molecular weight is 203 g/mol. The molecule has 5 nitrogen and oxygen atoms in total. The van der Waals surface area contributed by atoms with E-state index in [0.29, 0.717) is 0 Å². The van der Waals surface area contributed by atoms with E-state index in [2.05, 4.69) is 15.3 Å². The Labute approximate surface area is 86.2 Å². The fourth-order valence-electron chi connectivity index (χ4n) is 1.13. The third-order valence-electron chi connectivity index (χ3n) is 1.86. The molecule has 0 aliphatic rings. The zero-order valence-electron chi connectivity index (χ0n) is 8.10. The van der Waals surface area contributed by atoms with Crippen LogP contribution in [0, 0.1) is 6.92 Å². The van der Waals surface area contributed by atoms with Crippen molar-refractivity contribution < 1.29 is 9.21 Å². The van der Waals surface area contributed by atoms with E-state index in [0.717, 1.165) is 5.56 Å². The molecule has 15 heavy (non-hydrogen) atoms. The van der Waals surface area contributed by atoms with Crippen LogP contribution in [0.1, 0.15) is 16.1 Å². The van der Waals surface area contributed by atoms with Gasteiger partial charge in [0.25, 0.3) is 5.91 Å². The lowest BCUT2D eigenvalue weighted by Crippen LogP contribution is -2.14. The molecule has 0 unspecified atom stereocenters. The number of rotatable bonds is 2. The van der Waals surface area contributed by atoms with Crippen LogP contribution >= 0.6 is 0 Å². The van der Waals surface area contributed by atoms with E-state index in [-0.39, 0.29) is 17.6 Å². The normalized spacial score (nSPS) is 9.93. The Morgan fingerprint density at radius 3 is 2.73 bits per heavy atom. The van der Waals surface area contributed by atoms with Crippen LogP contribution in [-0.4, -0.2) is 15.9 Å². The van der Waals surface area contributed by atoms with Crippen LogP contribution in [0.3, 0.4) is 0 Å². The first-order valence-corrected chi connectivity index (χ1v) is 4.40. The van der Waals surface area contributed by atoms with Crippen LogP contribution in [-0.2, 0) is 0 Å². The number of carbonyl (C=O) groups excluding carboxylic acids is 1. The summed E-state index contributed by atoms with van der Waals surface area (Å²) in [4.78, 5) is 19.4. The number of aryl methyl sites for hydroxylation is 1. The maximum absolute atomic E-state index is 11.6. The van der Waals surface area contributed by atoms with Crippen molar-refractivity contribution in [3.63, 3.8) is 0 Å². The molecule has 0 spiro atoms. The Balaban J connectivity index is 2.15. The Morgan fingerprint density at radius 1 is 1.40 bits per heavy atom. The van der Waals surface area contributed by atoms with Crippen molar-refractivity contribution in [2.45, 2.75) is 6.92 Å². The van der Waals surface area contributed by atoms with Gasteiger partial charge in [-0.3, -0.25) is 10.1 Å². The van der Waals surface area contributed by atoms with Crippen molar-refractivity contribution in [3.8, 4) is 0 Å². The molecule has 0 aliphatic heterocycles. The number of hydrogen-bond donors (Lipinski definition) is 1. The summed E-state index contributed by atoms with van der Waals surface area (Å²) in [5, 5.41) is 2.53. The fraction of sp³-hybridized carbons (Fsp3) is 0.100. The van der Waals surface area contributed by atoms with E-state index >= 15 is 0 Å². The first-order valence-electron chi connectivity index (χ1n) is 4.40. The summed E-state index contributed by atoms with van der Waals surface area (Å²) in [7, 11) is 0. The molecule has 0 fully saturated rings. The second-order valence-corrected chi connectivity index (χ2v) is 2.96. The molecule has 5 heteroatoms. The van der Waals surface area contributed by atoms with Gasteiger partial charge in [0.1, 0.15) is 0 Å².